The number of hydrogen-bond acceptors (Lipinski definition) is 5. The number of benzene rings is 1. The van der Waals surface area contributed by atoms with Gasteiger partial charge in [-0.25, -0.2) is 0 Å². The number of Topliss-reactive ketones (excluding diaryl/α,β-unsaturated/α-hetero) is 1. The van der Waals surface area contributed by atoms with E-state index in [-0.39, 0.29) is 23.1 Å². The van der Waals surface area contributed by atoms with Crippen molar-refractivity contribution in [2.45, 2.75) is 67.2 Å². The lowest BCUT2D eigenvalue weighted by atomic mass is 9.57. The molecule has 2 spiro atoms. The second-order valence-electron chi connectivity index (χ2n) is 9.26. The van der Waals surface area contributed by atoms with Crippen LogP contribution in [0.5, 0.6) is 11.5 Å². The third-order valence-electron chi connectivity index (χ3n) is 8.18. The maximum atomic E-state index is 12.7. The van der Waals surface area contributed by atoms with E-state index < -0.39 is 17.1 Å². The van der Waals surface area contributed by atoms with Gasteiger partial charge in [-0.15, -0.1) is 0 Å². The Balaban J connectivity index is 1.49. The molecule has 7 rings (SSSR count). The molecule has 6 atom stereocenters. The molecule has 2 bridgehead atoms. The lowest BCUT2D eigenvalue weighted by Gasteiger charge is -2.50. The zero-order chi connectivity index (χ0) is 16.8. The summed E-state index contributed by atoms with van der Waals surface area (Å²) < 4.78 is 6.05. The molecule has 0 amide bonds. The number of hydrogen-bond donors (Lipinski definition) is 2. The monoisotopic (exact) mass is 339 g/mol. The largest absolute Gasteiger partial charge is 0.504 e. The van der Waals surface area contributed by atoms with Crippen LogP contribution in [-0.4, -0.2) is 50.7 Å². The number of fused-ring (bicyclic) bond motifs is 1. The molecule has 2 N–H and O–H groups in total. The molecule has 25 heavy (non-hydrogen) atoms. The number of nitrogens with zero attached hydrogens (tertiary/aromatic N) is 1. The quantitative estimate of drug-likeness (QED) is 0.795. The molecule has 1 saturated heterocycles. The van der Waals surface area contributed by atoms with Crippen molar-refractivity contribution in [2.75, 3.05) is 6.54 Å². The van der Waals surface area contributed by atoms with Crippen LogP contribution in [0, 0.1) is 5.92 Å². The summed E-state index contributed by atoms with van der Waals surface area (Å²) in [7, 11) is 0. The average molecular weight is 339 g/mol. The maximum absolute atomic E-state index is 12.7. The SMILES string of the molecule is O=C1CC[C@]2(O)C3[N@](CC4CC4)C34Cc3ccc(O)c5c3[C@]2(C4)[C@@H]1O5. The fourth-order valence-corrected chi connectivity index (χ4v) is 7.16. The Morgan fingerprint density at radius 1 is 1.32 bits per heavy atom. The number of phenols is 1. The fourth-order valence-electron chi connectivity index (χ4n) is 7.16. The first-order chi connectivity index (χ1) is 12.0. The highest BCUT2D eigenvalue weighted by Crippen LogP contribution is 2.76. The van der Waals surface area contributed by atoms with Gasteiger partial charge >= 0.3 is 0 Å². The topological polar surface area (TPSA) is 69.8 Å². The Hall–Kier alpha value is -1.59. The second-order valence-corrected chi connectivity index (χ2v) is 9.26. The van der Waals surface area contributed by atoms with Gasteiger partial charge in [0.25, 0.3) is 0 Å². The second kappa shape index (κ2) is 3.60. The first-order valence-corrected chi connectivity index (χ1v) is 9.55. The molecule has 6 aliphatic rings. The third-order valence-corrected chi connectivity index (χ3v) is 8.18. The molecule has 0 radical (unpaired) electrons. The number of aromatic hydroxyl groups is 1. The Kier molecular flexibility index (Phi) is 1.96. The van der Waals surface area contributed by atoms with Gasteiger partial charge in [0.15, 0.2) is 23.4 Å². The van der Waals surface area contributed by atoms with Gasteiger partial charge in [-0.3, -0.25) is 9.69 Å². The molecule has 3 saturated carbocycles. The van der Waals surface area contributed by atoms with E-state index in [1.807, 2.05) is 6.07 Å². The van der Waals surface area contributed by atoms with E-state index in [0.29, 0.717) is 18.6 Å². The standard InChI is InChI=1S/C20H21NO4/c22-12-4-3-11-7-18-9-19-14(11)15(12)25-16(19)13(23)5-6-20(19,24)17(18)21(18)8-10-1-2-10/h3-4,10,16-17,22,24H,1-2,5-9H2/t16-,17?,18?,19-,20+,21+/m1/s1. The van der Waals surface area contributed by atoms with Crippen LogP contribution >= 0.6 is 0 Å². The molecular weight excluding hydrogens is 318 g/mol. The Labute approximate surface area is 145 Å². The fraction of sp³-hybridized carbons (Fsp3) is 0.650. The Morgan fingerprint density at radius 3 is 2.96 bits per heavy atom. The van der Waals surface area contributed by atoms with E-state index >= 15 is 0 Å². The summed E-state index contributed by atoms with van der Waals surface area (Å²) in [6, 6.07) is 3.81. The number of ketones is 1. The molecule has 2 aliphatic heterocycles. The first-order valence-electron chi connectivity index (χ1n) is 9.55. The summed E-state index contributed by atoms with van der Waals surface area (Å²) >= 11 is 0. The number of ether oxygens (including phenoxy) is 1. The zero-order valence-corrected chi connectivity index (χ0v) is 14.0. The summed E-state index contributed by atoms with van der Waals surface area (Å²) in [5.74, 6) is 1.43. The first kappa shape index (κ1) is 13.6. The summed E-state index contributed by atoms with van der Waals surface area (Å²) in [6.45, 7) is 1.09. The molecule has 130 valence electrons. The third kappa shape index (κ3) is 1.19. The van der Waals surface area contributed by atoms with E-state index in [2.05, 4.69) is 4.90 Å². The van der Waals surface area contributed by atoms with Crippen LogP contribution < -0.4 is 4.74 Å². The minimum absolute atomic E-state index is 0.00481. The van der Waals surface area contributed by atoms with Gasteiger partial charge in [-0.1, -0.05) is 6.07 Å². The summed E-state index contributed by atoms with van der Waals surface area (Å²) in [6.07, 6.45) is 4.59. The van der Waals surface area contributed by atoms with Crippen LogP contribution in [0.4, 0.5) is 0 Å². The van der Waals surface area contributed by atoms with Crippen molar-refractivity contribution in [1.82, 2.24) is 4.90 Å². The summed E-state index contributed by atoms with van der Waals surface area (Å²) in [5, 5.41) is 22.3. The van der Waals surface area contributed by atoms with Crippen molar-refractivity contribution < 1.29 is 19.7 Å². The van der Waals surface area contributed by atoms with Gasteiger partial charge in [-0.05, 0) is 49.7 Å². The molecule has 0 aromatic heterocycles. The van der Waals surface area contributed by atoms with Crippen LogP contribution in [0.15, 0.2) is 12.1 Å². The number of likely N-dealkylation sites (tertiary alicyclic amines) is 1. The number of rotatable bonds is 2. The molecule has 2 unspecified atom stereocenters. The lowest BCUT2D eigenvalue weighted by Crippen LogP contribution is -2.65. The highest BCUT2D eigenvalue weighted by Gasteiger charge is 2.88. The predicted molar refractivity (Wildman–Crippen MR) is 87.7 cm³/mol. The van der Waals surface area contributed by atoms with Crippen molar-refractivity contribution in [3.63, 3.8) is 0 Å². The number of aliphatic hydroxyl groups is 1. The minimum Gasteiger partial charge on any atom is -0.504 e. The summed E-state index contributed by atoms with van der Waals surface area (Å²) in [4.78, 5) is 15.3. The van der Waals surface area contributed by atoms with Gasteiger partial charge in [0.05, 0.1) is 17.1 Å². The van der Waals surface area contributed by atoms with Crippen LogP contribution in [0.3, 0.4) is 0 Å². The van der Waals surface area contributed by atoms with Gasteiger partial charge < -0.3 is 14.9 Å². The average Bonchev–Trinajstić information content (AvgIpc) is 3.45. The molecule has 5 nitrogen and oxygen atoms in total. The number of piperidine rings is 1. The van der Waals surface area contributed by atoms with E-state index in [4.69, 9.17) is 4.74 Å². The van der Waals surface area contributed by atoms with Crippen LogP contribution in [0.1, 0.15) is 43.2 Å². The van der Waals surface area contributed by atoms with Gasteiger partial charge in [0.1, 0.15) is 0 Å². The lowest BCUT2D eigenvalue weighted by molar-refractivity contribution is -0.149. The molecule has 4 aliphatic carbocycles. The predicted octanol–water partition coefficient (Wildman–Crippen LogP) is 1.28. The number of carbonyl (C=O) groups excluding carboxylic acids is 1. The van der Waals surface area contributed by atoms with Crippen molar-refractivity contribution in [3.05, 3.63) is 23.3 Å². The van der Waals surface area contributed by atoms with Crippen LogP contribution in [0.2, 0.25) is 0 Å². The van der Waals surface area contributed by atoms with Crippen LogP contribution in [-0.2, 0) is 16.6 Å². The smallest absolute Gasteiger partial charge is 0.174 e. The van der Waals surface area contributed by atoms with E-state index in [1.54, 1.807) is 6.07 Å². The molecule has 2 heterocycles. The molecule has 1 aromatic rings. The number of phenolic OH excluding ortho intramolecular Hbond substituents is 1. The number of carbonyl (C=O) groups is 1. The van der Waals surface area contributed by atoms with Gasteiger partial charge in [0.2, 0.25) is 0 Å². The van der Waals surface area contributed by atoms with Gasteiger partial charge in [0, 0.05) is 24.1 Å². The van der Waals surface area contributed by atoms with Crippen LogP contribution in [0.25, 0.3) is 0 Å². The molecule has 4 fully saturated rings. The van der Waals surface area contributed by atoms with Crippen molar-refractivity contribution in [1.29, 1.82) is 0 Å². The zero-order valence-electron chi connectivity index (χ0n) is 14.0. The van der Waals surface area contributed by atoms with Gasteiger partial charge in [-0.2, -0.15) is 0 Å². The highest BCUT2D eigenvalue weighted by atomic mass is 16.5. The summed E-state index contributed by atoms with van der Waals surface area (Å²) in [5.41, 5.74) is 0.543. The van der Waals surface area contributed by atoms with Crippen molar-refractivity contribution >= 4 is 5.78 Å². The molecular formula is C20H21NO4. The molecule has 5 heteroatoms. The maximum Gasteiger partial charge on any atom is 0.174 e. The Bertz CT molecular complexity index is 879. The Morgan fingerprint density at radius 2 is 2.16 bits per heavy atom. The molecule has 1 aromatic carbocycles. The van der Waals surface area contributed by atoms with E-state index in [9.17, 15) is 15.0 Å². The minimum atomic E-state index is -0.912. The van der Waals surface area contributed by atoms with E-state index in [0.717, 1.165) is 36.4 Å². The van der Waals surface area contributed by atoms with Crippen molar-refractivity contribution in [2.24, 2.45) is 5.92 Å². The van der Waals surface area contributed by atoms with E-state index in [1.165, 1.54) is 12.8 Å². The normalized spacial score (nSPS) is 50.3. The van der Waals surface area contributed by atoms with Crippen molar-refractivity contribution in [3.8, 4) is 11.5 Å². The highest BCUT2D eigenvalue weighted by molar-refractivity contribution is 5.90.